The molecule has 4 rings (SSSR count). The third-order valence-electron chi connectivity index (χ3n) is 4.29. The Labute approximate surface area is 164 Å². The lowest BCUT2D eigenvalue weighted by molar-refractivity contribution is -0.122. The van der Waals surface area contributed by atoms with Crippen molar-refractivity contribution < 1.29 is 4.79 Å². The second-order valence-electron chi connectivity index (χ2n) is 6.73. The summed E-state index contributed by atoms with van der Waals surface area (Å²) >= 11 is 7.55. The lowest BCUT2D eigenvalue weighted by atomic mass is 10.2. The topological polar surface area (TPSA) is 81.8 Å². The van der Waals surface area contributed by atoms with Crippen molar-refractivity contribution in [2.24, 2.45) is 0 Å². The molecule has 0 fully saturated rings. The molecule has 9 heteroatoms. The van der Waals surface area contributed by atoms with Gasteiger partial charge in [0.15, 0.2) is 10.8 Å². The van der Waals surface area contributed by atoms with Gasteiger partial charge in [-0.1, -0.05) is 29.4 Å². The molecule has 1 N–H and O–H groups in total. The second kappa shape index (κ2) is 7.01. The number of halogens is 1. The van der Waals surface area contributed by atoms with Crippen molar-refractivity contribution in [2.75, 3.05) is 5.75 Å². The second-order valence-corrected chi connectivity index (χ2v) is 8.16. The summed E-state index contributed by atoms with van der Waals surface area (Å²) < 4.78 is 3.24. The van der Waals surface area contributed by atoms with Crippen LogP contribution in [0, 0.1) is 0 Å². The van der Waals surface area contributed by atoms with Gasteiger partial charge in [-0.3, -0.25) is 14.2 Å². The maximum atomic E-state index is 13.0. The molecule has 1 amide bonds. The molecule has 1 aliphatic rings. The molecular weight excluding hydrogens is 386 g/mol. The zero-order valence-corrected chi connectivity index (χ0v) is 16.4. The predicted molar refractivity (Wildman–Crippen MR) is 106 cm³/mol. The Balaban J connectivity index is 1.75. The number of nitrogens with one attached hydrogen (secondary N) is 1. The molecule has 1 aliphatic heterocycles. The van der Waals surface area contributed by atoms with Crippen molar-refractivity contribution in [3.63, 3.8) is 0 Å². The Morgan fingerprint density at radius 2 is 2.26 bits per heavy atom. The number of thioether (sulfide) groups is 1. The van der Waals surface area contributed by atoms with Crippen LogP contribution in [-0.2, 0) is 4.79 Å². The van der Waals surface area contributed by atoms with Crippen molar-refractivity contribution in [3.8, 4) is 5.69 Å². The minimum atomic E-state index is -0.206. The van der Waals surface area contributed by atoms with Crippen molar-refractivity contribution in [2.45, 2.75) is 37.5 Å². The van der Waals surface area contributed by atoms with E-state index in [1.54, 1.807) is 21.4 Å². The SMILES string of the molecule is CC(C)NC(=O)CC1CSc2nc3c(cnn3-c3cccc(Cl)c3)c(=O)n21. The van der Waals surface area contributed by atoms with Crippen LogP contribution in [-0.4, -0.2) is 37.0 Å². The largest absolute Gasteiger partial charge is 0.354 e. The van der Waals surface area contributed by atoms with Crippen LogP contribution in [0.2, 0.25) is 5.02 Å². The fourth-order valence-electron chi connectivity index (χ4n) is 3.17. The highest BCUT2D eigenvalue weighted by atomic mass is 35.5. The van der Waals surface area contributed by atoms with E-state index in [4.69, 9.17) is 11.6 Å². The van der Waals surface area contributed by atoms with E-state index in [1.807, 2.05) is 26.0 Å². The molecule has 3 aromatic rings. The van der Waals surface area contributed by atoms with E-state index in [0.29, 0.717) is 27.0 Å². The number of fused-ring (bicyclic) bond motifs is 2. The third-order valence-corrected chi connectivity index (χ3v) is 5.63. The summed E-state index contributed by atoms with van der Waals surface area (Å²) in [4.78, 5) is 29.8. The quantitative estimate of drug-likeness (QED) is 0.677. The van der Waals surface area contributed by atoms with Gasteiger partial charge in [0.1, 0.15) is 5.39 Å². The normalized spacial score (nSPS) is 16.1. The fourth-order valence-corrected chi connectivity index (χ4v) is 4.49. The molecule has 1 atom stereocenters. The number of aromatic nitrogens is 4. The Morgan fingerprint density at radius 3 is 3.00 bits per heavy atom. The monoisotopic (exact) mass is 403 g/mol. The molecule has 1 unspecified atom stereocenters. The first kappa shape index (κ1) is 18.1. The number of rotatable bonds is 4. The summed E-state index contributed by atoms with van der Waals surface area (Å²) in [6.45, 7) is 3.83. The van der Waals surface area contributed by atoms with E-state index in [-0.39, 0.29) is 30.0 Å². The van der Waals surface area contributed by atoms with Crippen LogP contribution in [0.1, 0.15) is 26.3 Å². The molecular formula is C18H18ClN5O2S. The van der Waals surface area contributed by atoms with Crippen LogP contribution < -0.4 is 10.9 Å². The molecule has 0 radical (unpaired) electrons. The number of nitrogens with zero attached hydrogens (tertiary/aromatic N) is 4. The molecule has 140 valence electrons. The van der Waals surface area contributed by atoms with Crippen LogP contribution in [0.15, 0.2) is 40.4 Å². The number of amides is 1. The molecule has 0 saturated heterocycles. The number of benzene rings is 1. The van der Waals surface area contributed by atoms with Crippen molar-refractivity contribution in [3.05, 3.63) is 45.8 Å². The summed E-state index contributed by atoms with van der Waals surface area (Å²) in [5, 5.41) is 8.82. The minimum absolute atomic E-state index is 0.0648. The van der Waals surface area contributed by atoms with E-state index >= 15 is 0 Å². The Bertz CT molecular complexity index is 1090. The Hall–Kier alpha value is -2.32. The molecule has 2 aromatic heterocycles. The minimum Gasteiger partial charge on any atom is -0.354 e. The van der Waals surface area contributed by atoms with Gasteiger partial charge in [0, 0.05) is 23.2 Å². The Kier molecular flexibility index (Phi) is 4.69. The third kappa shape index (κ3) is 3.35. The van der Waals surface area contributed by atoms with Crippen LogP contribution in [0.4, 0.5) is 0 Å². The van der Waals surface area contributed by atoms with Gasteiger partial charge in [-0.15, -0.1) is 0 Å². The van der Waals surface area contributed by atoms with Crippen LogP contribution in [0.25, 0.3) is 16.7 Å². The zero-order valence-electron chi connectivity index (χ0n) is 14.8. The average molecular weight is 404 g/mol. The van der Waals surface area contributed by atoms with E-state index in [1.165, 1.54) is 18.0 Å². The van der Waals surface area contributed by atoms with Gasteiger partial charge in [-0.25, -0.2) is 9.67 Å². The molecule has 7 nitrogen and oxygen atoms in total. The number of carbonyl (C=O) groups excluding carboxylic acids is 1. The zero-order chi connectivity index (χ0) is 19.1. The van der Waals surface area contributed by atoms with Crippen LogP contribution in [0.3, 0.4) is 0 Å². The van der Waals surface area contributed by atoms with E-state index in [2.05, 4.69) is 15.4 Å². The molecule has 27 heavy (non-hydrogen) atoms. The first-order chi connectivity index (χ1) is 12.9. The maximum Gasteiger partial charge on any atom is 0.265 e. The Morgan fingerprint density at radius 1 is 1.44 bits per heavy atom. The van der Waals surface area contributed by atoms with Gasteiger partial charge < -0.3 is 5.32 Å². The van der Waals surface area contributed by atoms with Gasteiger partial charge >= 0.3 is 0 Å². The van der Waals surface area contributed by atoms with Gasteiger partial charge in [0.25, 0.3) is 5.56 Å². The van der Waals surface area contributed by atoms with E-state index in [9.17, 15) is 9.59 Å². The fraction of sp³-hybridized carbons (Fsp3) is 0.333. The molecule has 0 aliphatic carbocycles. The smallest absolute Gasteiger partial charge is 0.265 e. The number of hydrogen-bond donors (Lipinski definition) is 1. The van der Waals surface area contributed by atoms with Crippen LogP contribution in [0.5, 0.6) is 0 Å². The first-order valence-electron chi connectivity index (χ1n) is 8.62. The van der Waals surface area contributed by atoms with Crippen molar-refractivity contribution in [1.82, 2.24) is 24.6 Å². The number of carbonyl (C=O) groups is 1. The highest BCUT2D eigenvalue weighted by molar-refractivity contribution is 7.99. The van der Waals surface area contributed by atoms with Gasteiger partial charge in [0.05, 0.1) is 17.9 Å². The summed E-state index contributed by atoms with van der Waals surface area (Å²) in [5.41, 5.74) is 1.06. The number of hydrogen-bond acceptors (Lipinski definition) is 5. The van der Waals surface area contributed by atoms with Crippen molar-refractivity contribution in [1.29, 1.82) is 0 Å². The van der Waals surface area contributed by atoms with E-state index in [0.717, 1.165) is 5.69 Å². The lowest BCUT2D eigenvalue weighted by Crippen LogP contribution is -2.34. The molecule has 1 aromatic carbocycles. The van der Waals surface area contributed by atoms with Crippen LogP contribution >= 0.6 is 23.4 Å². The molecule has 0 bridgehead atoms. The van der Waals surface area contributed by atoms with Gasteiger partial charge in [-0.2, -0.15) is 5.10 Å². The standard InChI is InChI=1S/C18H18ClN5O2S/c1-10(2)21-15(25)7-13-9-27-18-22-16-14(17(26)23(13)18)8-20-24(16)12-5-3-4-11(19)6-12/h3-6,8,10,13H,7,9H2,1-2H3,(H,21,25). The summed E-state index contributed by atoms with van der Waals surface area (Å²) in [6.07, 6.45) is 1.78. The highest BCUT2D eigenvalue weighted by Gasteiger charge is 2.29. The highest BCUT2D eigenvalue weighted by Crippen LogP contribution is 2.33. The summed E-state index contributed by atoms with van der Waals surface area (Å²) in [5.74, 6) is 0.579. The molecule has 0 spiro atoms. The van der Waals surface area contributed by atoms with Gasteiger partial charge in [-0.05, 0) is 32.0 Å². The van der Waals surface area contributed by atoms with E-state index < -0.39 is 0 Å². The molecule has 0 saturated carbocycles. The van der Waals surface area contributed by atoms with Crippen molar-refractivity contribution >= 4 is 40.3 Å². The summed E-state index contributed by atoms with van der Waals surface area (Å²) in [6, 6.07) is 7.09. The van der Waals surface area contributed by atoms with Gasteiger partial charge in [0.2, 0.25) is 5.91 Å². The predicted octanol–water partition coefficient (Wildman–Crippen LogP) is 2.80. The average Bonchev–Trinajstić information content (AvgIpc) is 3.19. The summed E-state index contributed by atoms with van der Waals surface area (Å²) in [7, 11) is 0. The maximum absolute atomic E-state index is 13.0. The first-order valence-corrected chi connectivity index (χ1v) is 9.99. The molecule has 3 heterocycles. The lowest BCUT2D eigenvalue weighted by Gasteiger charge is -2.14.